The number of unbranched alkanes of at least 4 members (excludes halogenated alkanes) is 3. The van der Waals surface area contributed by atoms with Gasteiger partial charge in [0.1, 0.15) is 0 Å². The zero-order chi connectivity index (χ0) is 19.1. The number of aliphatic hydroxyl groups excluding tert-OH is 1. The van der Waals surface area contributed by atoms with Crippen molar-refractivity contribution in [3.63, 3.8) is 0 Å². The quantitative estimate of drug-likeness (QED) is 0.383. The van der Waals surface area contributed by atoms with Crippen LogP contribution in [0.15, 0.2) is 11.6 Å². The minimum Gasteiger partial charge on any atom is -0.393 e. The van der Waals surface area contributed by atoms with Crippen LogP contribution in [0, 0.1) is 34.5 Å². The van der Waals surface area contributed by atoms with Gasteiger partial charge in [0.15, 0.2) is 0 Å². The Balaban J connectivity index is 1.47. The molecular formula is C26H44O. The summed E-state index contributed by atoms with van der Waals surface area (Å²) in [5.74, 6) is 3.25. The smallest absolute Gasteiger partial charge is 0.0573 e. The molecule has 4 rings (SSSR count). The van der Waals surface area contributed by atoms with Crippen molar-refractivity contribution in [3.05, 3.63) is 11.6 Å². The molecule has 0 heterocycles. The number of rotatable bonds is 6. The molecule has 0 aromatic heterocycles. The molecule has 0 bridgehead atoms. The molecule has 4 aliphatic rings. The van der Waals surface area contributed by atoms with Crippen LogP contribution in [-0.4, -0.2) is 11.2 Å². The SMILES string of the molecule is CCCCCC[C@H](O)C1CCC2C3CC=C4CCCC[C@]4(C)C3CC[C@@]21C. The molecule has 0 amide bonds. The molecule has 1 nitrogen and oxygen atoms in total. The van der Waals surface area contributed by atoms with Crippen LogP contribution < -0.4 is 0 Å². The first-order valence-electron chi connectivity index (χ1n) is 12.4. The van der Waals surface area contributed by atoms with Gasteiger partial charge in [-0.3, -0.25) is 0 Å². The Hall–Kier alpha value is -0.300. The molecule has 4 aliphatic carbocycles. The predicted octanol–water partition coefficient (Wildman–Crippen LogP) is 7.29. The molecule has 7 atom stereocenters. The highest BCUT2D eigenvalue weighted by Gasteiger charge is 2.59. The second kappa shape index (κ2) is 7.85. The standard InChI is InChI=1S/C26H44O/c1-4-5-6-7-11-24(27)23-15-14-21-20-13-12-19-10-8-9-17-25(19,2)22(20)16-18-26(21,23)3/h12,20-24,27H,4-11,13-18H2,1-3H3/t20?,21?,22?,23?,24-,25-,26-/m0/s1. The van der Waals surface area contributed by atoms with Crippen LogP contribution in [0.2, 0.25) is 0 Å². The number of fused-ring (bicyclic) bond motifs is 5. The average Bonchev–Trinajstić information content (AvgIpc) is 3.02. The van der Waals surface area contributed by atoms with Crippen molar-refractivity contribution < 1.29 is 5.11 Å². The molecule has 27 heavy (non-hydrogen) atoms. The lowest BCUT2D eigenvalue weighted by Crippen LogP contribution is -2.50. The predicted molar refractivity (Wildman–Crippen MR) is 115 cm³/mol. The summed E-state index contributed by atoms with van der Waals surface area (Å²) in [5.41, 5.74) is 2.74. The van der Waals surface area contributed by atoms with Crippen LogP contribution in [-0.2, 0) is 0 Å². The summed E-state index contributed by atoms with van der Waals surface area (Å²) >= 11 is 0. The maximum absolute atomic E-state index is 11.1. The van der Waals surface area contributed by atoms with Crippen molar-refractivity contribution in [1.29, 1.82) is 0 Å². The molecule has 3 saturated carbocycles. The number of aliphatic hydroxyl groups is 1. The van der Waals surface area contributed by atoms with Gasteiger partial charge in [0.05, 0.1) is 6.10 Å². The Morgan fingerprint density at radius 1 is 1.04 bits per heavy atom. The van der Waals surface area contributed by atoms with Gasteiger partial charge < -0.3 is 5.11 Å². The maximum atomic E-state index is 11.1. The van der Waals surface area contributed by atoms with Gasteiger partial charge in [0, 0.05) is 0 Å². The van der Waals surface area contributed by atoms with Crippen LogP contribution >= 0.6 is 0 Å². The van der Waals surface area contributed by atoms with Crippen molar-refractivity contribution in [2.45, 2.75) is 117 Å². The summed E-state index contributed by atoms with van der Waals surface area (Å²) in [6.45, 7) is 7.46. The summed E-state index contributed by atoms with van der Waals surface area (Å²) < 4.78 is 0. The van der Waals surface area contributed by atoms with Crippen LogP contribution in [0.25, 0.3) is 0 Å². The summed E-state index contributed by atoms with van der Waals surface area (Å²) in [6, 6.07) is 0. The molecule has 0 saturated heterocycles. The zero-order valence-electron chi connectivity index (χ0n) is 18.3. The molecule has 0 aromatic carbocycles. The van der Waals surface area contributed by atoms with Crippen molar-refractivity contribution >= 4 is 0 Å². The molecule has 4 unspecified atom stereocenters. The second-order valence-corrected chi connectivity index (χ2v) is 11.1. The van der Waals surface area contributed by atoms with Gasteiger partial charge in [-0.15, -0.1) is 0 Å². The number of hydrogen-bond acceptors (Lipinski definition) is 1. The van der Waals surface area contributed by atoms with E-state index in [1.807, 2.05) is 5.57 Å². The van der Waals surface area contributed by atoms with Crippen molar-refractivity contribution in [2.75, 3.05) is 0 Å². The molecule has 3 fully saturated rings. The van der Waals surface area contributed by atoms with E-state index in [0.717, 1.165) is 24.2 Å². The third-order valence-corrected chi connectivity index (χ3v) is 9.91. The Morgan fingerprint density at radius 3 is 2.70 bits per heavy atom. The van der Waals surface area contributed by atoms with Crippen LogP contribution in [0.5, 0.6) is 0 Å². The van der Waals surface area contributed by atoms with Gasteiger partial charge in [0.2, 0.25) is 0 Å². The minimum absolute atomic E-state index is 0.0478. The van der Waals surface area contributed by atoms with Crippen LogP contribution in [0.1, 0.15) is 111 Å². The molecule has 1 N–H and O–H groups in total. The summed E-state index contributed by atoms with van der Waals surface area (Å²) in [5, 5.41) is 11.1. The Labute approximate surface area is 168 Å². The molecular weight excluding hydrogens is 328 g/mol. The van der Waals surface area contributed by atoms with Crippen LogP contribution in [0.3, 0.4) is 0 Å². The van der Waals surface area contributed by atoms with Gasteiger partial charge in [-0.2, -0.15) is 0 Å². The fourth-order valence-corrected chi connectivity index (χ4v) is 8.35. The van der Waals surface area contributed by atoms with Crippen molar-refractivity contribution in [2.24, 2.45) is 34.5 Å². The van der Waals surface area contributed by atoms with Crippen molar-refractivity contribution in [1.82, 2.24) is 0 Å². The zero-order valence-corrected chi connectivity index (χ0v) is 18.3. The summed E-state index contributed by atoms with van der Waals surface area (Å²) in [6.07, 6.45) is 21.3. The monoisotopic (exact) mass is 372 g/mol. The molecule has 0 radical (unpaired) electrons. The van der Waals surface area contributed by atoms with E-state index in [-0.39, 0.29) is 6.10 Å². The third kappa shape index (κ3) is 3.34. The highest BCUT2D eigenvalue weighted by Crippen LogP contribution is 2.66. The number of hydrogen-bond donors (Lipinski definition) is 1. The van der Waals surface area contributed by atoms with E-state index < -0.39 is 0 Å². The Morgan fingerprint density at radius 2 is 1.89 bits per heavy atom. The van der Waals surface area contributed by atoms with E-state index in [9.17, 15) is 5.11 Å². The lowest BCUT2D eigenvalue weighted by atomic mass is 9.47. The average molecular weight is 373 g/mol. The third-order valence-electron chi connectivity index (χ3n) is 9.91. The van der Waals surface area contributed by atoms with Crippen LogP contribution in [0.4, 0.5) is 0 Å². The lowest BCUT2D eigenvalue weighted by Gasteiger charge is -2.58. The molecule has 1 heteroatoms. The van der Waals surface area contributed by atoms with Gasteiger partial charge in [-0.1, -0.05) is 64.5 Å². The molecule has 0 spiro atoms. The van der Waals surface area contributed by atoms with E-state index in [4.69, 9.17) is 0 Å². The lowest BCUT2D eigenvalue weighted by molar-refractivity contribution is -0.0667. The van der Waals surface area contributed by atoms with Gasteiger partial charge >= 0.3 is 0 Å². The second-order valence-electron chi connectivity index (χ2n) is 11.1. The maximum Gasteiger partial charge on any atom is 0.0573 e. The van der Waals surface area contributed by atoms with Gasteiger partial charge in [0.25, 0.3) is 0 Å². The Kier molecular flexibility index (Phi) is 5.81. The first-order chi connectivity index (χ1) is 13.0. The van der Waals surface area contributed by atoms with E-state index >= 15 is 0 Å². The first kappa shape index (κ1) is 20.0. The first-order valence-corrected chi connectivity index (χ1v) is 12.4. The highest BCUT2D eigenvalue weighted by molar-refractivity contribution is 5.24. The largest absolute Gasteiger partial charge is 0.393 e. The fraction of sp³-hybridized carbons (Fsp3) is 0.923. The molecule has 0 aromatic rings. The van der Waals surface area contributed by atoms with Gasteiger partial charge in [-0.05, 0) is 92.3 Å². The van der Waals surface area contributed by atoms with E-state index in [1.54, 1.807) is 0 Å². The van der Waals surface area contributed by atoms with Gasteiger partial charge in [-0.25, -0.2) is 0 Å². The minimum atomic E-state index is -0.0478. The normalized spacial score (nSPS) is 44.8. The summed E-state index contributed by atoms with van der Waals surface area (Å²) in [4.78, 5) is 0. The Bertz CT molecular complexity index is 550. The van der Waals surface area contributed by atoms with E-state index in [0.29, 0.717) is 16.7 Å². The highest BCUT2D eigenvalue weighted by atomic mass is 16.3. The molecule has 0 aliphatic heterocycles. The van der Waals surface area contributed by atoms with Crippen molar-refractivity contribution in [3.8, 4) is 0 Å². The summed E-state index contributed by atoms with van der Waals surface area (Å²) in [7, 11) is 0. The molecule has 154 valence electrons. The number of allylic oxidation sites excluding steroid dienone is 2. The van der Waals surface area contributed by atoms with E-state index in [1.165, 1.54) is 83.5 Å². The van der Waals surface area contributed by atoms with E-state index in [2.05, 4.69) is 26.8 Å². The fourth-order valence-electron chi connectivity index (χ4n) is 8.35. The topological polar surface area (TPSA) is 20.2 Å².